The zero-order valence-corrected chi connectivity index (χ0v) is 14.4. The maximum Gasteiger partial charge on any atom is 0.247 e. The van der Waals surface area contributed by atoms with Crippen molar-refractivity contribution in [2.24, 2.45) is 5.92 Å². The Morgan fingerprint density at radius 2 is 2.15 bits per heavy atom. The van der Waals surface area contributed by atoms with E-state index in [-0.39, 0.29) is 15.6 Å². The second kappa shape index (κ2) is 6.17. The fourth-order valence-electron chi connectivity index (χ4n) is 2.54. The van der Waals surface area contributed by atoms with Crippen molar-refractivity contribution in [3.05, 3.63) is 16.5 Å². The first-order chi connectivity index (χ1) is 9.36. The third-order valence-corrected chi connectivity index (χ3v) is 6.54. The predicted octanol–water partition coefficient (Wildman–Crippen LogP) is 2.57. The van der Waals surface area contributed by atoms with Crippen LogP contribution in [0.5, 0.6) is 0 Å². The summed E-state index contributed by atoms with van der Waals surface area (Å²) in [5.74, 6) is 0.999. The Morgan fingerprint density at radius 3 is 2.80 bits per heavy atom. The largest absolute Gasteiger partial charge is 0.452 e. The van der Waals surface area contributed by atoms with E-state index >= 15 is 0 Å². The van der Waals surface area contributed by atoms with Crippen LogP contribution in [0.3, 0.4) is 0 Å². The van der Waals surface area contributed by atoms with E-state index in [1.165, 1.54) is 0 Å². The minimum Gasteiger partial charge on any atom is -0.452 e. The molecule has 1 aliphatic heterocycles. The molecule has 2 atom stereocenters. The van der Waals surface area contributed by atoms with Crippen LogP contribution in [0.2, 0.25) is 0 Å². The van der Waals surface area contributed by atoms with E-state index in [4.69, 9.17) is 4.42 Å². The first-order valence-electron chi connectivity index (χ1n) is 6.81. The van der Waals surface area contributed by atoms with Crippen molar-refractivity contribution in [3.8, 4) is 0 Å². The van der Waals surface area contributed by atoms with E-state index in [1.807, 2.05) is 6.92 Å². The monoisotopic (exact) mass is 364 g/mol. The molecule has 2 rings (SSSR count). The zero-order chi connectivity index (χ0) is 14.9. The molecule has 1 aromatic heterocycles. The summed E-state index contributed by atoms with van der Waals surface area (Å²) in [4.78, 5) is 0.226. The normalized spacial score (nSPS) is 25.0. The number of piperidine rings is 1. The second-order valence-corrected chi connectivity index (χ2v) is 8.07. The molecule has 5 nitrogen and oxygen atoms in total. The first-order valence-corrected chi connectivity index (χ1v) is 9.04. The first kappa shape index (κ1) is 16.0. The maximum absolute atomic E-state index is 12.8. The van der Waals surface area contributed by atoms with E-state index in [2.05, 4.69) is 28.2 Å². The molecule has 1 fully saturated rings. The lowest BCUT2D eigenvalue weighted by Crippen LogP contribution is -2.44. The Kier molecular flexibility index (Phi) is 4.94. The summed E-state index contributed by atoms with van der Waals surface area (Å²) >= 11 is 3.22. The van der Waals surface area contributed by atoms with Crippen molar-refractivity contribution in [3.63, 3.8) is 0 Å². The molecule has 0 saturated carbocycles. The van der Waals surface area contributed by atoms with Gasteiger partial charge in [0.2, 0.25) is 10.0 Å². The average Bonchev–Trinajstić information content (AvgIpc) is 2.74. The summed E-state index contributed by atoms with van der Waals surface area (Å²) in [6.45, 7) is 5.12. The summed E-state index contributed by atoms with van der Waals surface area (Å²) in [6.07, 6.45) is 1.98. The highest BCUT2D eigenvalue weighted by Gasteiger charge is 2.36. The van der Waals surface area contributed by atoms with Gasteiger partial charge < -0.3 is 9.73 Å². The van der Waals surface area contributed by atoms with E-state index in [0.717, 1.165) is 12.8 Å². The van der Waals surface area contributed by atoms with Gasteiger partial charge in [0.1, 0.15) is 10.7 Å². The number of nitrogens with zero attached hydrogens (tertiary/aromatic N) is 1. The van der Waals surface area contributed by atoms with Crippen LogP contribution in [0.1, 0.15) is 32.4 Å². The molecule has 2 unspecified atom stereocenters. The molecule has 0 aromatic carbocycles. The van der Waals surface area contributed by atoms with Crippen molar-refractivity contribution < 1.29 is 12.8 Å². The fourth-order valence-corrected chi connectivity index (χ4v) is 5.29. The van der Waals surface area contributed by atoms with Crippen LogP contribution in [-0.2, 0) is 16.6 Å². The third-order valence-electron chi connectivity index (χ3n) is 3.70. The molecule has 114 valence electrons. The quantitative estimate of drug-likeness (QED) is 0.891. The van der Waals surface area contributed by atoms with Crippen molar-refractivity contribution >= 4 is 26.0 Å². The highest BCUT2D eigenvalue weighted by atomic mass is 79.9. The number of hydrogen-bond donors (Lipinski definition) is 1. The Hall–Kier alpha value is -0.370. The summed E-state index contributed by atoms with van der Waals surface area (Å²) in [6, 6.07) is 1.63. The number of furan rings is 1. The molecular weight excluding hydrogens is 344 g/mol. The highest BCUT2D eigenvalue weighted by molar-refractivity contribution is 9.10. The van der Waals surface area contributed by atoms with Crippen molar-refractivity contribution in [2.75, 3.05) is 13.6 Å². The number of halogens is 1. The maximum atomic E-state index is 12.8. The van der Waals surface area contributed by atoms with Crippen LogP contribution in [0.15, 0.2) is 20.0 Å². The molecule has 2 heterocycles. The van der Waals surface area contributed by atoms with Gasteiger partial charge in [-0.2, -0.15) is 4.31 Å². The minimum atomic E-state index is -3.51. The lowest BCUT2D eigenvalue weighted by molar-refractivity contribution is 0.217. The van der Waals surface area contributed by atoms with Gasteiger partial charge in [-0.05, 0) is 48.7 Å². The van der Waals surface area contributed by atoms with Gasteiger partial charge in [-0.3, -0.25) is 0 Å². The molecular formula is C13H21BrN2O3S. The summed E-state index contributed by atoms with van der Waals surface area (Å²) < 4.78 is 32.9. The van der Waals surface area contributed by atoms with Crippen LogP contribution < -0.4 is 5.32 Å². The fraction of sp³-hybridized carbons (Fsp3) is 0.692. The van der Waals surface area contributed by atoms with Crippen LogP contribution in [0.25, 0.3) is 0 Å². The van der Waals surface area contributed by atoms with Gasteiger partial charge in [0.25, 0.3) is 0 Å². The molecule has 0 bridgehead atoms. The number of sulfonamides is 1. The Labute approximate surface area is 128 Å². The molecule has 0 radical (unpaired) electrons. The molecule has 1 aliphatic rings. The standard InChI is InChI=1S/C13H21BrN2O3S/c1-9-4-5-10(2)16(8-9)20(17,18)12-6-11(7-15-3)19-13(12)14/h6,9-10,15H,4-5,7-8H2,1-3H3. The van der Waals surface area contributed by atoms with E-state index in [0.29, 0.717) is 24.8 Å². The molecule has 20 heavy (non-hydrogen) atoms. The molecule has 0 spiro atoms. The van der Waals surface area contributed by atoms with Crippen LogP contribution in [-0.4, -0.2) is 32.4 Å². The molecule has 0 aliphatic carbocycles. The second-order valence-electron chi connectivity index (χ2n) is 5.49. The Morgan fingerprint density at radius 1 is 1.45 bits per heavy atom. The van der Waals surface area contributed by atoms with Crippen LogP contribution in [0, 0.1) is 5.92 Å². The smallest absolute Gasteiger partial charge is 0.247 e. The van der Waals surface area contributed by atoms with E-state index < -0.39 is 10.0 Å². The van der Waals surface area contributed by atoms with Gasteiger partial charge in [0.15, 0.2) is 4.67 Å². The topological polar surface area (TPSA) is 62.6 Å². The van der Waals surface area contributed by atoms with E-state index in [1.54, 1.807) is 17.4 Å². The molecule has 7 heteroatoms. The lowest BCUT2D eigenvalue weighted by Gasteiger charge is -2.35. The van der Waals surface area contributed by atoms with Crippen molar-refractivity contribution in [1.82, 2.24) is 9.62 Å². The van der Waals surface area contributed by atoms with Gasteiger partial charge in [-0.15, -0.1) is 0 Å². The summed E-state index contributed by atoms with van der Waals surface area (Å²) in [5, 5.41) is 2.95. The van der Waals surface area contributed by atoms with Gasteiger partial charge in [-0.25, -0.2) is 8.42 Å². The minimum absolute atomic E-state index is 0.0331. The Bertz CT molecular complexity index is 570. The average molecular weight is 365 g/mol. The van der Waals surface area contributed by atoms with Crippen LogP contribution >= 0.6 is 15.9 Å². The Balaban J connectivity index is 2.34. The predicted molar refractivity (Wildman–Crippen MR) is 80.9 cm³/mol. The number of nitrogens with one attached hydrogen (secondary N) is 1. The van der Waals surface area contributed by atoms with Gasteiger partial charge >= 0.3 is 0 Å². The zero-order valence-electron chi connectivity index (χ0n) is 12.0. The van der Waals surface area contributed by atoms with Gasteiger partial charge in [-0.1, -0.05) is 6.92 Å². The molecule has 0 amide bonds. The number of hydrogen-bond acceptors (Lipinski definition) is 4. The van der Waals surface area contributed by atoms with Crippen LogP contribution in [0.4, 0.5) is 0 Å². The summed E-state index contributed by atoms with van der Waals surface area (Å²) in [5.41, 5.74) is 0. The highest BCUT2D eigenvalue weighted by Crippen LogP contribution is 2.33. The molecule has 1 N–H and O–H groups in total. The van der Waals surface area contributed by atoms with Gasteiger partial charge in [0, 0.05) is 18.7 Å². The molecule has 1 saturated heterocycles. The summed E-state index contributed by atoms with van der Waals surface area (Å²) in [7, 11) is -1.72. The van der Waals surface area contributed by atoms with Crippen molar-refractivity contribution in [2.45, 2.75) is 44.2 Å². The third kappa shape index (κ3) is 3.10. The lowest BCUT2D eigenvalue weighted by atomic mass is 9.97. The number of rotatable bonds is 4. The molecule has 1 aromatic rings. The van der Waals surface area contributed by atoms with Gasteiger partial charge in [0.05, 0.1) is 6.54 Å². The SMILES string of the molecule is CNCc1cc(S(=O)(=O)N2CC(C)CCC2C)c(Br)o1. The van der Waals surface area contributed by atoms with Crippen molar-refractivity contribution in [1.29, 1.82) is 0 Å². The van der Waals surface area contributed by atoms with E-state index in [9.17, 15) is 8.42 Å².